The Bertz CT molecular complexity index is 1080. The number of hydrogen-bond acceptors (Lipinski definition) is 11. The lowest BCUT2D eigenvalue weighted by atomic mass is 10.0. The lowest BCUT2D eigenvalue weighted by Crippen LogP contribution is -2.30. The van der Waals surface area contributed by atoms with Crippen molar-refractivity contribution in [2.75, 3.05) is 26.4 Å². The molecule has 0 amide bonds. The second-order valence-electron chi connectivity index (χ2n) is 13.7. The molecule has 0 rings (SSSR count). The predicted molar refractivity (Wildman–Crippen MR) is 215 cm³/mol. The number of aliphatic hydroxyl groups excluding tert-OH is 3. The summed E-state index contributed by atoms with van der Waals surface area (Å²) in [5.74, 6) is -1.16. The first-order valence-corrected chi connectivity index (χ1v) is 21.9. The van der Waals surface area contributed by atoms with E-state index in [1.54, 1.807) is 42.5 Å². The second-order valence-corrected chi connectivity index (χ2v) is 15.2. The standard InChI is InChI=1S/C41H74NO11P/c1-3-5-7-8-9-10-11-12-13-14-15-20-24-30-40(46)50-34-37(35-52-54(48,49)51-33-32-42)53-41(47)31-25-29-39(45)38(44)28-23-19-17-16-18-22-27-36(43)26-21-6-4-2/h16-19,22-23,27-28,36-39,43-45H,3-15,20-21,24-26,29-35,42H2,1-2H3,(H,48,49)/b18-16-,19-17+,27-22+,28-23+/t36-,37+,38-,39-/m0/s1. The van der Waals surface area contributed by atoms with Crippen molar-refractivity contribution in [1.29, 1.82) is 0 Å². The topological polar surface area (TPSA) is 195 Å². The van der Waals surface area contributed by atoms with Crippen LogP contribution in [0, 0.1) is 0 Å². The van der Waals surface area contributed by atoms with E-state index >= 15 is 0 Å². The summed E-state index contributed by atoms with van der Waals surface area (Å²) in [5, 5.41) is 30.4. The molecular formula is C41H74NO11P. The number of ether oxygens (including phenoxy) is 2. The third kappa shape index (κ3) is 34.3. The van der Waals surface area contributed by atoms with Gasteiger partial charge in [-0.05, 0) is 25.7 Å². The summed E-state index contributed by atoms with van der Waals surface area (Å²) < 4.78 is 32.4. The summed E-state index contributed by atoms with van der Waals surface area (Å²) in [4.78, 5) is 34.8. The molecule has 0 radical (unpaired) electrons. The van der Waals surface area contributed by atoms with Crippen LogP contribution in [-0.4, -0.2) is 82.9 Å². The van der Waals surface area contributed by atoms with Gasteiger partial charge in [0.15, 0.2) is 6.10 Å². The van der Waals surface area contributed by atoms with E-state index in [-0.39, 0.29) is 45.4 Å². The van der Waals surface area contributed by atoms with Crippen LogP contribution in [0.5, 0.6) is 0 Å². The van der Waals surface area contributed by atoms with Crippen LogP contribution in [0.4, 0.5) is 0 Å². The molecule has 13 heteroatoms. The molecule has 0 aromatic rings. The largest absolute Gasteiger partial charge is 0.472 e. The molecule has 0 bridgehead atoms. The number of unbranched alkanes of at least 4 members (excludes halogenated alkanes) is 14. The fourth-order valence-electron chi connectivity index (χ4n) is 5.37. The highest BCUT2D eigenvalue weighted by Gasteiger charge is 2.26. The minimum atomic E-state index is -4.47. The van der Waals surface area contributed by atoms with Crippen molar-refractivity contribution < 1.29 is 52.9 Å². The Morgan fingerprint density at radius 1 is 0.630 bits per heavy atom. The molecule has 0 aliphatic rings. The molecule has 0 spiro atoms. The van der Waals surface area contributed by atoms with Crippen LogP contribution in [0.2, 0.25) is 0 Å². The second kappa shape index (κ2) is 36.5. The zero-order valence-corrected chi connectivity index (χ0v) is 34.2. The molecule has 6 N–H and O–H groups in total. The van der Waals surface area contributed by atoms with Gasteiger partial charge in [-0.15, -0.1) is 0 Å². The number of aliphatic hydroxyl groups is 3. The minimum Gasteiger partial charge on any atom is -0.462 e. The molecule has 0 aromatic carbocycles. The Morgan fingerprint density at radius 3 is 1.74 bits per heavy atom. The van der Waals surface area contributed by atoms with Crippen LogP contribution < -0.4 is 5.73 Å². The molecule has 314 valence electrons. The molecule has 12 nitrogen and oxygen atoms in total. The van der Waals surface area contributed by atoms with Crippen LogP contribution in [0.1, 0.15) is 149 Å². The first-order valence-electron chi connectivity index (χ1n) is 20.4. The first-order chi connectivity index (χ1) is 26.0. The smallest absolute Gasteiger partial charge is 0.462 e. The van der Waals surface area contributed by atoms with E-state index in [9.17, 15) is 34.4 Å². The summed E-state index contributed by atoms with van der Waals surface area (Å²) in [6.07, 6.45) is 29.4. The van der Waals surface area contributed by atoms with E-state index in [1.165, 1.54) is 63.9 Å². The average molecular weight is 788 g/mol. The van der Waals surface area contributed by atoms with Gasteiger partial charge in [-0.25, -0.2) is 4.57 Å². The number of esters is 2. The molecule has 0 heterocycles. The van der Waals surface area contributed by atoms with Crippen LogP contribution in [0.15, 0.2) is 48.6 Å². The van der Waals surface area contributed by atoms with Crippen molar-refractivity contribution in [3.8, 4) is 0 Å². The molecule has 0 aliphatic carbocycles. The van der Waals surface area contributed by atoms with E-state index in [0.717, 1.165) is 44.9 Å². The number of hydrogen-bond donors (Lipinski definition) is 5. The van der Waals surface area contributed by atoms with Gasteiger partial charge in [0.05, 0.1) is 31.5 Å². The van der Waals surface area contributed by atoms with Gasteiger partial charge in [-0.1, -0.05) is 159 Å². The maximum atomic E-state index is 12.6. The fraction of sp³-hybridized carbons (Fsp3) is 0.756. The van der Waals surface area contributed by atoms with Gasteiger partial charge >= 0.3 is 19.8 Å². The Hall–Kier alpha value is -2.15. The third-order valence-electron chi connectivity index (χ3n) is 8.58. The van der Waals surface area contributed by atoms with Gasteiger partial charge in [0.1, 0.15) is 6.61 Å². The molecule has 0 fully saturated rings. The Labute approximate surface area is 325 Å². The molecule has 1 unspecified atom stereocenters. The average Bonchev–Trinajstić information content (AvgIpc) is 3.14. The van der Waals surface area contributed by atoms with Gasteiger partial charge in [0.25, 0.3) is 0 Å². The lowest BCUT2D eigenvalue weighted by Gasteiger charge is -2.20. The van der Waals surface area contributed by atoms with E-state index in [0.29, 0.717) is 6.42 Å². The maximum absolute atomic E-state index is 12.6. The van der Waals surface area contributed by atoms with Crippen molar-refractivity contribution in [1.82, 2.24) is 0 Å². The van der Waals surface area contributed by atoms with Crippen LogP contribution in [0.3, 0.4) is 0 Å². The normalized spacial score (nSPS) is 15.6. The number of allylic oxidation sites excluding steroid dienone is 6. The SMILES string of the molecule is CCCCCCCCCCCCCCCC(=O)OC[C@H](COP(=O)(O)OCCN)OC(=O)CCC[C@H](O)[C@@H](O)/C=C/C=C/C=C\C=C\[C@@H](O)CCCCC. The number of phosphoric acid groups is 1. The summed E-state index contributed by atoms with van der Waals surface area (Å²) >= 11 is 0. The molecule has 0 saturated carbocycles. The predicted octanol–water partition coefficient (Wildman–Crippen LogP) is 8.07. The van der Waals surface area contributed by atoms with Crippen molar-refractivity contribution >= 4 is 19.8 Å². The van der Waals surface area contributed by atoms with Crippen molar-refractivity contribution in [2.24, 2.45) is 5.73 Å². The summed E-state index contributed by atoms with van der Waals surface area (Å²) in [5.41, 5.74) is 5.31. The maximum Gasteiger partial charge on any atom is 0.472 e. The van der Waals surface area contributed by atoms with E-state index < -0.39 is 50.8 Å². The fourth-order valence-corrected chi connectivity index (χ4v) is 6.14. The van der Waals surface area contributed by atoms with Gasteiger partial charge in [-0.2, -0.15) is 0 Å². The van der Waals surface area contributed by atoms with Gasteiger partial charge < -0.3 is 35.4 Å². The van der Waals surface area contributed by atoms with E-state index in [1.807, 2.05) is 0 Å². The van der Waals surface area contributed by atoms with Crippen molar-refractivity contribution in [3.05, 3.63) is 48.6 Å². The highest BCUT2D eigenvalue weighted by molar-refractivity contribution is 7.47. The highest BCUT2D eigenvalue weighted by atomic mass is 31.2. The minimum absolute atomic E-state index is 0.00285. The zero-order chi connectivity index (χ0) is 40.1. The Kier molecular flexibility index (Phi) is 35.0. The molecule has 0 aliphatic heterocycles. The highest BCUT2D eigenvalue weighted by Crippen LogP contribution is 2.43. The number of phosphoric ester groups is 1. The molecule has 0 saturated heterocycles. The van der Waals surface area contributed by atoms with Crippen molar-refractivity contribution in [2.45, 2.75) is 173 Å². The summed E-state index contributed by atoms with van der Waals surface area (Å²) in [6.45, 7) is 3.21. The van der Waals surface area contributed by atoms with Gasteiger partial charge in [0.2, 0.25) is 0 Å². The van der Waals surface area contributed by atoms with E-state index in [4.69, 9.17) is 24.3 Å². The molecule has 5 atom stereocenters. The Balaban J connectivity index is 4.56. The summed E-state index contributed by atoms with van der Waals surface area (Å²) in [7, 11) is -4.47. The monoisotopic (exact) mass is 787 g/mol. The number of carbonyl (C=O) groups excluding carboxylic acids is 2. The summed E-state index contributed by atoms with van der Waals surface area (Å²) in [6, 6.07) is 0. The molecule has 0 aromatic heterocycles. The third-order valence-corrected chi connectivity index (χ3v) is 9.57. The quantitative estimate of drug-likeness (QED) is 0.0176. The van der Waals surface area contributed by atoms with Crippen LogP contribution in [-0.2, 0) is 32.7 Å². The lowest BCUT2D eigenvalue weighted by molar-refractivity contribution is -0.161. The van der Waals surface area contributed by atoms with Crippen LogP contribution >= 0.6 is 7.82 Å². The molecular weight excluding hydrogens is 713 g/mol. The zero-order valence-electron chi connectivity index (χ0n) is 33.3. The Morgan fingerprint density at radius 2 is 1.15 bits per heavy atom. The van der Waals surface area contributed by atoms with Gasteiger partial charge in [0, 0.05) is 19.4 Å². The van der Waals surface area contributed by atoms with Crippen LogP contribution in [0.25, 0.3) is 0 Å². The first kappa shape index (κ1) is 51.9. The van der Waals surface area contributed by atoms with Gasteiger partial charge in [-0.3, -0.25) is 18.6 Å². The van der Waals surface area contributed by atoms with E-state index in [2.05, 4.69) is 13.8 Å². The number of rotatable bonds is 37. The van der Waals surface area contributed by atoms with Crippen molar-refractivity contribution in [3.63, 3.8) is 0 Å². The number of nitrogens with two attached hydrogens (primary N) is 1. The number of carbonyl (C=O) groups is 2. The molecule has 54 heavy (non-hydrogen) atoms.